The van der Waals surface area contributed by atoms with E-state index in [4.69, 9.17) is 11.6 Å². The number of amides is 3. The summed E-state index contributed by atoms with van der Waals surface area (Å²) in [6, 6.07) is 1.21. The van der Waals surface area contributed by atoms with Gasteiger partial charge in [-0.1, -0.05) is 6.07 Å². The molecular weight excluding hydrogens is 402 g/mol. The van der Waals surface area contributed by atoms with Gasteiger partial charge in [0, 0.05) is 6.54 Å². The Morgan fingerprint density at radius 1 is 1.13 bits per heavy atom. The fourth-order valence-corrected chi connectivity index (χ4v) is 2.81. The zero-order valence-corrected chi connectivity index (χ0v) is 15.6. The van der Waals surface area contributed by atoms with E-state index in [0.717, 1.165) is 37.4 Å². The van der Waals surface area contributed by atoms with Crippen LogP contribution in [0.15, 0.2) is 30.9 Å². The normalized spacial score (nSPS) is 10.9. The van der Waals surface area contributed by atoms with Crippen LogP contribution in [0, 0.1) is 11.6 Å². The van der Waals surface area contributed by atoms with Gasteiger partial charge in [-0.2, -0.15) is 4.90 Å². The van der Waals surface area contributed by atoms with Gasteiger partial charge in [-0.3, -0.25) is 0 Å². The smallest absolute Gasteiger partial charge is 0.420 e. The SMILES string of the molecule is NCCCCn1cnc2c(N(N)C(=O)N(C(=O)O)c3c(F)cccc3F)ncnc21. The lowest BCUT2D eigenvalue weighted by atomic mass is 10.2. The molecule has 30 heavy (non-hydrogen) atoms. The molecule has 0 aliphatic carbocycles. The highest BCUT2D eigenvalue weighted by Gasteiger charge is 2.33. The summed E-state index contributed by atoms with van der Waals surface area (Å²) in [5.74, 6) is 3.05. The van der Waals surface area contributed by atoms with E-state index < -0.39 is 29.4 Å². The van der Waals surface area contributed by atoms with E-state index in [-0.39, 0.29) is 16.2 Å². The molecule has 0 spiro atoms. The van der Waals surface area contributed by atoms with Crippen LogP contribution in [0.3, 0.4) is 0 Å². The molecule has 158 valence electrons. The molecule has 13 heteroatoms. The number of unbranched alkanes of at least 4 members (excludes halogenated alkanes) is 1. The minimum atomic E-state index is -1.93. The standard InChI is InChI=1S/C17H18F2N8O3/c18-10-4-3-5-11(19)13(10)26(17(29)30)16(28)27(21)15-12-14(22-8-23-15)25(9-24-12)7-2-1-6-20/h3-5,8-9H,1-2,6-7,20-21H2,(H,29,30). The van der Waals surface area contributed by atoms with E-state index in [9.17, 15) is 23.5 Å². The highest BCUT2D eigenvalue weighted by atomic mass is 19.1. The summed E-state index contributed by atoms with van der Waals surface area (Å²) in [5, 5.41) is 9.75. The summed E-state index contributed by atoms with van der Waals surface area (Å²) in [7, 11) is 0. The van der Waals surface area contributed by atoms with Crippen molar-refractivity contribution in [1.82, 2.24) is 19.5 Å². The Balaban J connectivity index is 1.98. The molecule has 3 aromatic rings. The van der Waals surface area contributed by atoms with Gasteiger partial charge < -0.3 is 15.4 Å². The quantitative estimate of drug-likeness (QED) is 0.236. The molecule has 0 atom stereocenters. The number of aromatic nitrogens is 4. The van der Waals surface area contributed by atoms with E-state index in [1.165, 1.54) is 6.33 Å². The van der Waals surface area contributed by atoms with Crippen LogP contribution in [-0.4, -0.2) is 43.3 Å². The summed E-state index contributed by atoms with van der Waals surface area (Å²) >= 11 is 0. The fraction of sp³-hybridized carbons (Fsp3) is 0.235. The third kappa shape index (κ3) is 3.88. The highest BCUT2D eigenvalue weighted by molar-refractivity contribution is 6.17. The maximum atomic E-state index is 14.1. The molecule has 0 saturated heterocycles. The third-order valence-electron chi connectivity index (χ3n) is 4.21. The molecule has 2 aromatic heterocycles. The third-order valence-corrected chi connectivity index (χ3v) is 4.21. The summed E-state index contributed by atoms with van der Waals surface area (Å²) in [6.07, 6.45) is 2.17. The van der Waals surface area contributed by atoms with Crippen molar-refractivity contribution in [2.24, 2.45) is 11.6 Å². The van der Waals surface area contributed by atoms with Gasteiger partial charge in [-0.05, 0) is 31.5 Å². The summed E-state index contributed by atoms with van der Waals surface area (Å²) in [5.41, 5.74) is 4.86. The number of carbonyl (C=O) groups excluding carboxylic acids is 1. The Hall–Kier alpha value is -3.71. The Kier molecular flexibility index (Phi) is 6.13. The van der Waals surface area contributed by atoms with Crippen molar-refractivity contribution in [3.8, 4) is 0 Å². The van der Waals surface area contributed by atoms with Crippen LogP contribution in [-0.2, 0) is 6.54 Å². The molecule has 0 fully saturated rings. The molecule has 0 saturated carbocycles. The number of fused-ring (bicyclic) bond motifs is 1. The first-order valence-corrected chi connectivity index (χ1v) is 8.78. The number of hydrazine groups is 1. The summed E-state index contributed by atoms with van der Waals surface area (Å²) in [4.78, 5) is 36.4. The number of hydrogen-bond donors (Lipinski definition) is 3. The molecule has 0 bridgehead atoms. The molecule has 1 aromatic carbocycles. The number of carboxylic acid groups (broad SMARTS) is 1. The van der Waals surface area contributed by atoms with Gasteiger partial charge in [0.2, 0.25) is 0 Å². The van der Waals surface area contributed by atoms with Crippen molar-refractivity contribution in [2.75, 3.05) is 16.5 Å². The Labute approximate surface area is 168 Å². The van der Waals surface area contributed by atoms with E-state index in [1.807, 2.05) is 0 Å². The van der Waals surface area contributed by atoms with Crippen molar-refractivity contribution < 1.29 is 23.5 Å². The first-order valence-electron chi connectivity index (χ1n) is 8.78. The van der Waals surface area contributed by atoms with E-state index in [1.54, 1.807) is 4.57 Å². The monoisotopic (exact) mass is 420 g/mol. The number of imidazole rings is 1. The minimum absolute atomic E-state index is 0.112. The van der Waals surface area contributed by atoms with Gasteiger partial charge >= 0.3 is 12.1 Å². The molecule has 5 N–H and O–H groups in total. The Morgan fingerprint density at radius 3 is 2.47 bits per heavy atom. The van der Waals surface area contributed by atoms with Gasteiger partial charge in [-0.25, -0.2) is 44.2 Å². The second-order valence-electron chi connectivity index (χ2n) is 6.14. The van der Waals surface area contributed by atoms with Crippen LogP contribution in [0.2, 0.25) is 0 Å². The van der Waals surface area contributed by atoms with Gasteiger partial charge in [0.1, 0.15) is 12.0 Å². The summed E-state index contributed by atoms with van der Waals surface area (Å²) < 4.78 is 29.9. The number of aryl methyl sites for hydroxylation is 1. The fourth-order valence-electron chi connectivity index (χ4n) is 2.81. The van der Waals surface area contributed by atoms with Crippen LogP contribution in [0.5, 0.6) is 0 Å². The average molecular weight is 420 g/mol. The molecule has 0 aliphatic rings. The number of nitrogens with two attached hydrogens (primary N) is 2. The second-order valence-corrected chi connectivity index (χ2v) is 6.14. The van der Waals surface area contributed by atoms with Crippen molar-refractivity contribution in [2.45, 2.75) is 19.4 Å². The first kappa shape index (κ1) is 21.0. The first-order chi connectivity index (χ1) is 14.4. The topological polar surface area (TPSA) is 156 Å². The zero-order valence-electron chi connectivity index (χ0n) is 15.6. The largest absolute Gasteiger partial charge is 0.464 e. The highest BCUT2D eigenvalue weighted by Crippen LogP contribution is 2.26. The van der Waals surface area contributed by atoms with Gasteiger partial charge in [0.05, 0.1) is 6.33 Å². The van der Waals surface area contributed by atoms with Gasteiger partial charge in [-0.15, -0.1) is 0 Å². The Morgan fingerprint density at radius 2 is 1.83 bits per heavy atom. The molecule has 3 amide bonds. The molecule has 3 rings (SSSR count). The van der Waals surface area contributed by atoms with E-state index >= 15 is 0 Å². The lowest BCUT2D eigenvalue weighted by molar-refractivity contribution is 0.199. The maximum absolute atomic E-state index is 14.1. The second kappa shape index (κ2) is 8.75. The lowest BCUT2D eigenvalue weighted by Gasteiger charge is -2.24. The molecule has 0 unspecified atom stereocenters. The number of halogens is 2. The maximum Gasteiger partial charge on any atom is 0.420 e. The number of rotatable bonds is 6. The molecule has 2 heterocycles. The number of imide groups is 1. The van der Waals surface area contributed by atoms with Crippen molar-refractivity contribution >= 4 is 34.8 Å². The predicted molar refractivity (Wildman–Crippen MR) is 103 cm³/mol. The number of anilines is 2. The molecule has 0 radical (unpaired) electrons. The van der Waals surface area contributed by atoms with Crippen LogP contribution < -0.4 is 21.5 Å². The van der Waals surface area contributed by atoms with Gasteiger partial charge in [0.25, 0.3) is 0 Å². The van der Waals surface area contributed by atoms with Crippen LogP contribution in [0.4, 0.5) is 29.9 Å². The van der Waals surface area contributed by atoms with Gasteiger partial charge in [0.15, 0.2) is 28.6 Å². The predicted octanol–water partition coefficient (Wildman–Crippen LogP) is 1.83. The number of urea groups is 1. The number of carbonyl (C=O) groups is 2. The zero-order chi connectivity index (χ0) is 21.8. The van der Waals surface area contributed by atoms with E-state index in [2.05, 4.69) is 15.0 Å². The minimum Gasteiger partial charge on any atom is -0.464 e. The van der Waals surface area contributed by atoms with Crippen molar-refractivity contribution in [3.05, 3.63) is 42.5 Å². The molecule has 0 aliphatic heterocycles. The molecular formula is C17H18F2N8O3. The van der Waals surface area contributed by atoms with Crippen LogP contribution in [0.1, 0.15) is 12.8 Å². The molecule has 11 nitrogen and oxygen atoms in total. The number of para-hydroxylation sites is 1. The number of nitrogens with zero attached hydrogens (tertiary/aromatic N) is 6. The Bertz CT molecular complexity index is 1070. The van der Waals surface area contributed by atoms with E-state index in [0.29, 0.717) is 23.7 Å². The summed E-state index contributed by atoms with van der Waals surface area (Å²) in [6.45, 7) is 1.07. The van der Waals surface area contributed by atoms with Crippen LogP contribution >= 0.6 is 0 Å². The number of hydrogen-bond acceptors (Lipinski definition) is 7. The number of benzene rings is 1. The average Bonchev–Trinajstić information content (AvgIpc) is 3.13. The van der Waals surface area contributed by atoms with Crippen LogP contribution in [0.25, 0.3) is 11.2 Å². The van der Waals surface area contributed by atoms with Crippen molar-refractivity contribution in [1.29, 1.82) is 0 Å². The lowest BCUT2D eigenvalue weighted by Crippen LogP contribution is -2.50. The van der Waals surface area contributed by atoms with Crippen molar-refractivity contribution in [3.63, 3.8) is 0 Å².